The van der Waals surface area contributed by atoms with E-state index in [0.29, 0.717) is 11.7 Å². The second-order valence-corrected chi connectivity index (χ2v) is 6.91. The highest BCUT2D eigenvalue weighted by molar-refractivity contribution is 5.45. The molecule has 1 aromatic carbocycles. The Balaban J connectivity index is 2.30. The van der Waals surface area contributed by atoms with E-state index in [1.54, 1.807) is 0 Å². The van der Waals surface area contributed by atoms with Crippen molar-refractivity contribution in [1.82, 2.24) is 0 Å². The van der Waals surface area contributed by atoms with Crippen molar-refractivity contribution in [2.45, 2.75) is 84.5 Å². The van der Waals surface area contributed by atoms with Crippen LogP contribution in [0.25, 0.3) is 0 Å². The highest BCUT2D eigenvalue weighted by Gasteiger charge is 2.26. The van der Waals surface area contributed by atoms with E-state index in [9.17, 15) is 5.11 Å². The number of hydrogen-bond acceptors (Lipinski definition) is 1. The molecule has 2 unspecified atom stereocenters. The van der Waals surface area contributed by atoms with Gasteiger partial charge in [-0.2, -0.15) is 0 Å². The fraction of sp³-hybridized carbons (Fsp3) is 0.700. The Kier molecular flexibility index (Phi) is 6.14. The Labute approximate surface area is 130 Å². The predicted molar refractivity (Wildman–Crippen MR) is 91.1 cm³/mol. The summed E-state index contributed by atoms with van der Waals surface area (Å²) in [6.45, 7) is 6.83. The zero-order valence-electron chi connectivity index (χ0n) is 14.1. The standard InChI is InChI=1S/C20H32O/c1-4-6-10-16-13-18(19-12-8-9-15(19)3)14-17(20(16)21)11-7-5-2/h13-15,19,21H,4-12H2,1-3H3. The second-order valence-electron chi connectivity index (χ2n) is 6.91. The SMILES string of the molecule is CCCCc1cc(C2CCCC2C)cc(CCCC)c1O. The van der Waals surface area contributed by atoms with E-state index in [2.05, 4.69) is 32.9 Å². The van der Waals surface area contributed by atoms with Gasteiger partial charge in [0.1, 0.15) is 5.75 Å². The molecule has 0 saturated heterocycles. The summed E-state index contributed by atoms with van der Waals surface area (Å²) < 4.78 is 0. The van der Waals surface area contributed by atoms with Crippen LogP contribution in [0.5, 0.6) is 5.75 Å². The van der Waals surface area contributed by atoms with Crippen LogP contribution >= 0.6 is 0 Å². The van der Waals surface area contributed by atoms with Crippen molar-refractivity contribution in [3.8, 4) is 5.75 Å². The first-order valence-electron chi connectivity index (χ1n) is 9.02. The van der Waals surface area contributed by atoms with Crippen LogP contribution in [0.4, 0.5) is 0 Å². The molecule has 0 aromatic heterocycles. The average molecular weight is 288 g/mol. The third-order valence-electron chi connectivity index (χ3n) is 5.18. The third kappa shape index (κ3) is 4.02. The van der Waals surface area contributed by atoms with Gasteiger partial charge in [0, 0.05) is 0 Å². The van der Waals surface area contributed by atoms with E-state index in [4.69, 9.17) is 0 Å². The summed E-state index contributed by atoms with van der Waals surface area (Å²) in [6.07, 6.45) is 10.8. The first kappa shape index (κ1) is 16.4. The molecular formula is C20H32O. The fourth-order valence-electron chi connectivity index (χ4n) is 3.76. The lowest BCUT2D eigenvalue weighted by molar-refractivity contribution is 0.456. The van der Waals surface area contributed by atoms with Crippen LogP contribution in [-0.4, -0.2) is 5.11 Å². The largest absolute Gasteiger partial charge is 0.507 e. The maximum Gasteiger partial charge on any atom is 0.121 e. The molecule has 0 amide bonds. The molecule has 118 valence electrons. The van der Waals surface area contributed by atoms with E-state index in [0.717, 1.165) is 18.8 Å². The molecule has 0 bridgehead atoms. The Hall–Kier alpha value is -0.980. The quantitative estimate of drug-likeness (QED) is 0.654. The van der Waals surface area contributed by atoms with Crippen LogP contribution in [0.15, 0.2) is 12.1 Å². The molecule has 1 aliphatic carbocycles. The second kappa shape index (κ2) is 7.87. The van der Waals surface area contributed by atoms with Gasteiger partial charge >= 0.3 is 0 Å². The maximum atomic E-state index is 10.6. The monoisotopic (exact) mass is 288 g/mol. The van der Waals surface area contributed by atoms with Crippen molar-refractivity contribution < 1.29 is 5.11 Å². The zero-order chi connectivity index (χ0) is 15.2. The van der Waals surface area contributed by atoms with Gasteiger partial charge in [-0.1, -0.05) is 58.6 Å². The summed E-state index contributed by atoms with van der Waals surface area (Å²) in [7, 11) is 0. The number of hydrogen-bond donors (Lipinski definition) is 1. The number of aryl methyl sites for hydroxylation is 2. The number of unbranched alkanes of at least 4 members (excludes halogenated alkanes) is 2. The average Bonchev–Trinajstić information content (AvgIpc) is 2.91. The predicted octanol–water partition coefficient (Wildman–Crippen LogP) is 5.98. The highest BCUT2D eigenvalue weighted by Crippen LogP contribution is 2.41. The Morgan fingerprint density at radius 1 is 1.00 bits per heavy atom. The molecule has 0 aliphatic heterocycles. The summed E-state index contributed by atoms with van der Waals surface area (Å²) in [5, 5.41) is 10.6. The minimum atomic E-state index is 0.589. The van der Waals surface area contributed by atoms with E-state index >= 15 is 0 Å². The van der Waals surface area contributed by atoms with E-state index in [-0.39, 0.29) is 0 Å². The van der Waals surface area contributed by atoms with Crippen LogP contribution in [-0.2, 0) is 12.8 Å². The molecule has 1 N–H and O–H groups in total. The Morgan fingerprint density at radius 3 is 2.00 bits per heavy atom. The molecule has 0 heterocycles. The molecule has 1 nitrogen and oxygen atoms in total. The molecule has 1 saturated carbocycles. The van der Waals surface area contributed by atoms with E-state index in [1.165, 1.54) is 61.6 Å². The molecule has 1 fully saturated rings. The molecule has 2 rings (SSSR count). The summed E-state index contributed by atoms with van der Waals surface area (Å²) in [5.41, 5.74) is 3.88. The maximum absolute atomic E-state index is 10.6. The van der Waals surface area contributed by atoms with Gasteiger partial charge < -0.3 is 5.11 Å². The summed E-state index contributed by atoms with van der Waals surface area (Å²) in [6, 6.07) is 4.62. The van der Waals surface area contributed by atoms with Crippen molar-refractivity contribution in [2.24, 2.45) is 5.92 Å². The summed E-state index contributed by atoms with van der Waals surface area (Å²) >= 11 is 0. The van der Waals surface area contributed by atoms with Gasteiger partial charge in [0.15, 0.2) is 0 Å². The van der Waals surface area contributed by atoms with Crippen molar-refractivity contribution in [3.63, 3.8) is 0 Å². The minimum Gasteiger partial charge on any atom is -0.507 e. The molecule has 2 atom stereocenters. The van der Waals surface area contributed by atoms with Gasteiger partial charge in [0.25, 0.3) is 0 Å². The van der Waals surface area contributed by atoms with E-state index in [1.807, 2.05) is 0 Å². The number of aromatic hydroxyl groups is 1. The number of phenolic OH excluding ortho intramolecular Hbond substituents is 1. The van der Waals surface area contributed by atoms with Crippen LogP contribution in [0.1, 0.15) is 88.3 Å². The summed E-state index contributed by atoms with van der Waals surface area (Å²) in [5.74, 6) is 2.10. The number of phenols is 1. The molecule has 21 heavy (non-hydrogen) atoms. The van der Waals surface area contributed by atoms with Gasteiger partial charge in [0.2, 0.25) is 0 Å². The first-order valence-corrected chi connectivity index (χ1v) is 9.02. The van der Waals surface area contributed by atoms with Gasteiger partial charge in [-0.3, -0.25) is 0 Å². The summed E-state index contributed by atoms with van der Waals surface area (Å²) in [4.78, 5) is 0. The highest BCUT2D eigenvalue weighted by atomic mass is 16.3. The van der Waals surface area contributed by atoms with Gasteiger partial charge in [-0.05, 0) is 60.6 Å². The van der Waals surface area contributed by atoms with Crippen LogP contribution in [0, 0.1) is 5.92 Å². The minimum absolute atomic E-state index is 0.589. The van der Waals surface area contributed by atoms with Crippen LogP contribution < -0.4 is 0 Å². The van der Waals surface area contributed by atoms with E-state index < -0.39 is 0 Å². The topological polar surface area (TPSA) is 20.2 Å². The van der Waals surface area contributed by atoms with Crippen molar-refractivity contribution in [1.29, 1.82) is 0 Å². The van der Waals surface area contributed by atoms with Crippen molar-refractivity contribution >= 4 is 0 Å². The Morgan fingerprint density at radius 2 is 1.57 bits per heavy atom. The molecular weight excluding hydrogens is 256 g/mol. The smallest absolute Gasteiger partial charge is 0.121 e. The van der Waals surface area contributed by atoms with Crippen molar-refractivity contribution in [3.05, 3.63) is 28.8 Å². The number of rotatable bonds is 7. The molecule has 1 heteroatoms. The lowest BCUT2D eigenvalue weighted by atomic mass is 9.86. The first-order chi connectivity index (χ1) is 10.2. The zero-order valence-corrected chi connectivity index (χ0v) is 14.1. The molecule has 0 radical (unpaired) electrons. The third-order valence-corrected chi connectivity index (χ3v) is 5.18. The van der Waals surface area contributed by atoms with Crippen LogP contribution in [0.3, 0.4) is 0 Å². The van der Waals surface area contributed by atoms with Gasteiger partial charge in [-0.15, -0.1) is 0 Å². The number of benzene rings is 1. The Bertz CT molecular complexity index is 420. The molecule has 1 aliphatic rings. The van der Waals surface area contributed by atoms with Gasteiger partial charge in [-0.25, -0.2) is 0 Å². The normalized spacial score (nSPS) is 21.9. The van der Waals surface area contributed by atoms with Crippen molar-refractivity contribution in [2.75, 3.05) is 0 Å². The van der Waals surface area contributed by atoms with Gasteiger partial charge in [0.05, 0.1) is 0 Å². The fourth-order valence-corrected chi connectivity index (χ4v) is 3.76. The molecule has 1 aromatic rings. The lowest BCUT2D eigenvalue weighted by Crippen LogP contribution is -2.05. The van der Waals surface area contributed by atoms with Crippen LogP contribution in [0.2, 0.25) is 0 Å². The lowest BCUT2D eigenvalue weighted by Gasteiger charge is -2.20. The molecule has 0 spiro atoms.